The Morgan fingerprint density at radius 2 is 1.88 bits per heavy atom. The second-order valence-corrected chi connectivity index (χ2v) is 8.83. The van der Waals surface area contributed by atoms with Crippen molar-refractivity contribution in [3.63, 3.8) is 0 Å². The molecule has 0 bridgehead atoms. The van der Waals surface area contributed by atoms with Crippen LogP contribution in [0.2, 0.25) is 0 Å². The summed E-state index contributed by atoms with van der Waals surface area (Å²) in [5.41, 5.74) is -0.127. The van der Waals surface area contributed by atoms with Gasteiger partial charge in [0.1, 0.15) is 0 Å². The van der Waals surface area contributed by atoms with Crippen LogP contribution in [-0.4, -0.2) is 24.0 Å². The van der Waals surface area contributed by atoms with Gasteiger partial charge in [0.05, 0.1) is 21.0 Å². The van der Waals surface area contributed by atoms with Gasteiger partial charge in [0.15, 0.2) is 0 Å². The van der Waals surface area contributed by atoms with Gasteiger partial charge in [0.25, 0.3) is 0 Å². The predicted molar refractivity (Wildman–Crippen MR) is 108 cm³/mol. The Morgan fingerprint density at radius 1 is 1.16 bits per heavy atom. The average Bonchev–Trinajstić information content (AvgIpc) is 2.61. The van der Waals surface area contributed by atoms with Crippen LogP contribution in [0.3, 0.4) is 0 Å². The quantitative estimate of drug-likeness (QED) is 0.338. The minimum Gasteiger partial charge on any atom is -0.466 e. The van der Waals surface area contributed by atoms with Crippen LogP contribution in [0.1, 0.15) is 27.2 Å². The van der Waals surface area contributed by atoms with Crippen LogP contribution in [0.5, 0.6) is 0 Å². The van der Waals surface area contributed by atoms with Crippen molar-refractivity contribution in [1.82, 2.24) is 0 Å². The van der Waals surface area contributed by atoms with Crippen LogP contribution in [0, 0.1) is 11.8 Å². The first kappa shape index (κ1) is 20.1. The van der Waals surface area contributed by atoms with Crippen LogP contribution in [0.4, 0.5) is 0 Å². The molecule has 0 heterocycles. The third kappa shape index (κ3) is 5.90. The molecule has 0 saturated heterocycles. The van der Waals surface area contributed by atoms with Crippen LogP contribution in [-0.2, 0) is 14.1 Å². The zero-order valence-corrected chi connectivity index (χ0v) is 17.1. The number of benzene rings is 2. The molecule has 136 valence electrons. The van der Waals surface area contributed by atoms with E-state index >= 15 is 0 Å². The summed E-state index contributed by atoms with van der Waals surface area (Å²) in [5.74, 6) is 0.561. The van der Waals surface area contributed by atoms with Crippen molar-refractivity contribution < 1.29 is 14.1 Å². The van der Waals surface area contributed by atoms with Crippen molar-refractivity contribution in [3.8, 4) is 0 Å². The van der Waals surface area contributed by atoms with Crippen LogP contribution in [0.25, 0.3) is 10.8 Å². The van der Waals surface area contributed by atoms with Gasteiger partial charge >= 0.3 is 5.97 Å². The molecular formula is C20H27O3PS. The monoisotopic (exact) mass is 378 g/mol. The van der Waals surface area contributed by atoms with E-state index in [0.29, 0.717) is 18.3 Å². The number of hydrogen-bond donors (Lipinski definition) is 0. The van der Waals surface area contributed by atoms with E-state index in [1.807, 2.05) is 19.1 Å². The number of fused-ring (bicyclic) bond motifs is 1. The Morgan fingerprint density at radius 3 is 2.52 bits per heavy atom. The SMILES string of the molecule is CCOC(=O)C(CC(C)C)C(CSc1ccc2ccccc2c1)[PH2]=O. The molecule has 0 aromatic heterocycles. The number of ether oxygens (including phenoxy) is 1. The molecule has 0 spiro atoms. The summed E-state index contributed by atoms with van der Waals surface area (Å²) in [6.07, 6.45) is 0.719. The molecule has 5 heteroatoms. The predicted octanol–water partition coefficient (Wildman–Crippen LogP) is 5.28. The molecule has 2 rings (SSSR count). The van der Waals surface area contributed by atoms with E-state index in [2.05, 4.69) is 44.2 Å². The second kappa shape index (κ2) is 10.0. The van der Waals surface area contributed by atoms with Gasteiger partial charge in [-0.2, -0.15) is 0 Å². The summed E-state index contributed by atoms with van der Waals surface area (Å²) >= 11 is 1.67. The lowest BCUT2D eigenvalue weighted by atomic mass is 9.94. The fraction of sp³-hybridized carbons (Fsp3) is 0.450. The molecule has 2 aromatic rings. The maximum absolute atomic E-state index is 12.3. The van der Waals surface area contributed by atoms with Gasteiger partial charge in [-0.25, -0.2) is 0 Å². The molecule has 0 aliphatic carbocycles. The number of esters is 1. The molecule has 3 unspecified atom stereocenters. The van der Waals surface area contributed by atoms with Crippen molar-refractivity contribution >= 4 is 37.0 Å². The molecule has 0 amide bonds. The molecule has 0 N–H and O–H groups in total. The van der Waals surface area contributed by atoms with Crippen molar-refractivity contribution in [1.29, 1.82) is 0 Å². The number of thioether (sulfide) groups is 1. The Hall–Kier alpha value is -1.25. The molecule has 0 fully saturated rings. The highest BCUT2D eigenvalue weighted by Gasteiger charge is 2.29. The Balaban J connectivity index is 2.09. The molecule has 2 aromatic carbocycles. The van der Waals surface area contributed by atoms with E-state index in [1.54, 1.807) is 11.8 Å². The smallest absolute Gasteiger partial charge is 0.309 e. The number of hydrogen-bond acceptors (Lipinski definition) is 4. The minimum absolute atomic E-state index is 0.127. The molecule has 0 aliphatic heterocycles. The second-order valence-electron chi connectivity index (χ2n) is 6.61. The molecule has 0 aliphatic rings. The van der Waals surface area contributed by atoms with Crippen LogP contribution < -0.4 is 0 Å². The van der Waals surface area contributed by atoms with Gasteiger partial charge in [-0.15, -0.1) is 11.8 Å². The molecular weight excluding hydrogens is 351 g/mol. The first-order valence-electron chi connectivity index (χ1n) is 8.78. The third-order valence-corrected chi connectivity index (χ3v) is 6.70. The van der Waals surface area contributed by atoms with Crippen molar-refractivity contribution in [3.05, 3.63) is 42.5 Å². The van der Waals surface area contributed by atoms with E-state index in [1.165, 1.54) is 10.8 Å². The molecule has 3 nitrogen and oxygen atoms in total. The maximum atomic E-state index is 12.3. The van der Waals surface area contributed by atoms with Gasteiger partial charge in [0.2, 0.25) is 0 Å². The normalized spacial score (nSPS) is 14.2. The maximum Gasteiger partial charge on any atom is 0.309 e. The molecule has 25 heavy (non-hydrogen) atoms. The van der Waals surface area contributed by atoms with Crippen molar-refractivity contribution in [2.45, 2.75) is 37.7 Å². The van der Waals surface area contributed by atoms with E-state index in [4.69, 9.17) is 4.74 Å². The van der Waals surface area contributed by atoms with Gasteiger partial charge in [-0.3, -0.25) is 4.79 Å². The number of carbonyl (C=O) groups excluding carboxylic acids is 1. The zero-order chi connectivity index (χ0) is 18.2. The minimum atomic E-state index is -1.03. The third-order valence-electron chi connectivity index (χ3n) is 4.17. The lowest BCUT2D eigenvalue weighted by Gasteiger charge is -2.23. The lowest BCUT2D eigenvalue weighted by Crippen LogP contribution is -2.29. The van der Waals surface area contributed by atoms with Crippen molar-refractivity contribution in [2.24, 2.45) is 11.8 Å². The fourth-order valence-corrected chi connectivity index (χ4v) is 5.00. The van der Waals surface area contributed by atoms with Gasteiger partial charge in [-0.05, 0) is 42.2 Å². The summed E-state index contributed by atoms with van der Waals surface area (Å²) in [6, 6.07) is 14.6. The Bertz CT molecular complexity index is 717. The summed E-state index contributed by atoms with van der Waals surface area (Å²) in [4.78, 5) is 13.5. The molecule has 0 saturated carbocycles. The van der Waals surface area contributed by atoms with Gasteiger partial charge in [-0.1, -0.05) is 44.2 Å². The summed E-state index contributed by atoms with van der Waals surface area (Å²) in [5, 5.41) is 2.41. The highest BCUT2D eigenvalue weighted by molar-refractivity contribution is 7.99. The lowest BCUT2D eigenvalue weighted by molar-refractivity contribution is -0.148. The van der Waals surface area contributed by atoms with Crippen molar-refractivity contribution in [2.75, 3.05) is 12.4 Å². The van der Waals surface area contributed by atoms with Crippen LogP contribution >= 0.6 is 20.2 Å². The first-order valence-corrected chi connectivity index (χ1v) is 10.9. The molecule has 3 atom stereocenters. The van der Waals surface area contributed by atoms with E-state index in [-0.39, 0.29) is 17.5 Å². The standard InChI is InChI=1S/C20H27O3PS/c1-4-23-20(21)18(11-14(2)3)19(24-22)13-25-17-10-9-15-7-5-6-8-16(15)12-17/h5-10,12,14,18-19H,4,11,13,24H2,1-3H3. The Labute approximate surface area is 155 Å². The first-order chi connectivity index (χ1) is 12.0. The summed E-state index contributed by atoms with van der Waals surface area (Å²) in [7, 11) is -1.03. The molecule has 0 radical (unpaired) electrons. The highest BCUT2D eigenvalue weighted by Crippen LogP contribution is 2.32. The largest absolute Gasteiger partial charge is 0.466 e. The van der Waals surface area contributed by atoms with Gasteiger partial charge in [0, 0.05) is 16.3 Å². The van der Waals surface area contributed by atoms with Crippen LogP contribution in [0.15, 0.2) is 47.4 Å². The summed E-state index contributed by atoms with van der Waals surface area (Å²) < 4.78 is 17.1. The fourth-order valence-electron chi connectivity index (χ4n) is 2.90. The highest BCUT2D eigenvalue weighted by atomic mass is 32.2. The Kier molecular flexibility index (Phi) is 8.05. The van der Waals surface area contributed by atoms with E-state index in [9.17, 15) is 9.36 Å². The number of rotatable bonds is 9. The topological polar surface area (TPSA) is 43.4 Å². The zero-order valence-electron chi connectivity index (χ0n) is 15.1. The van der Waals surface area contributed by atoms with E-state index < -0.39 is 8.46 Å². The number of carbonyl (C=O) groups is 1. The average molecular weight is 378 g/mol. The van der Waals surface area contributed by atoms with E-state index in [0.717, 1.165) is 11.3 Å². The van der Waals surface area contributed by atoms with Gasteiger partial charge < -0.3 is 9.30 Å². The summed E-state index contributed by atoms with van der Waals surface area (Å²) in [6.45, 7) is 6.35.